The van der Waals surface area contributed by atoms with E-state index < -0.39 is 6.61 Å². The lowest BCUT2D eigenvalue weighted by Crippen LogP contribution is -2.01. The van der Waals surface area contributed by atoms with Crippen LogP contribution in [-0.4, -0.2) is 6.61 Å². The van der Waals surface area contributed by atoms with E-state index in [-0.39, 0.29) is 5.75 Å². The van der Waals surface area contributed by atoms with Gasteiger partial charge in [-0.15, -0.1) is 0 Å². The van der Waals surface area contributed by atoms with Crippen LogP contribution in [0.3, 0.4) is 0 Å². The third-order valence-electron chi connectivity index (χ3n) is 1.77. The predicted molar refractivity (Wildman–Crippen MR) is 58.5 cm³/mol. The Labute approximate surface area is 90.1 Å². The van der Waals surface area contributed by atoms with Gasteiger partial charge in [-0.2, -0.15) is 8.78 Å². The SMILES string of the molecule is CC.CC(C)c1ccc(OC(F)F)cc1. The number of halogens is 2. The maximum atomic E-state index is 11.8. The van der Waals surface area contributed by atoms with Crippen LogP contribution in [0.4, 0.5) is 8.78 Å². The van der Waals surface area contributed by atoms with Crippen molar-refractivity contribution in [1.29, 1.82) is 0 Å². The molecule has 0 N–H and O–H groups in total. The largest absolute Gasteiger partial charge is 0.435 e. The molecule has 0 aliphatic carbocycles. The van der Waals surface area contributed by atoms with Crippen LogP contribution in [0.2, 0.25) is 0 Å². The molecule has 0 aliphatic rings. The lowest BCUT2D eigenvalue weighted by molar-refractivity contribution is -0.0498. The molecule has 0 heterocycles. The van der Waals surface area contributed by atoms with Crippen LogP contribution in [0.25, 0.3) is 0 Å². The van der Waals surface area contributed by atoms with Crippen LogP contribution >= 0.6 is 0 Å². The molecule has 86 valence electrons. The molecule has 0 saturated carbocycles. The van der Waals surface area contributed by atoms with Gasteiger partial charge in [0.25, 0.3) is 0 Å². The van der Waals surface area contributed by atoms with Crippen molar-refractivity contribution in [1.82, 2.24) is 0 Å². The van der Waals surface area contributed by atoms with Crippen LogP contribution in [0.1, 0.15) is 39.2 Å². The van der Waals surface area contributed by atoms with Crippen molar-refractivity contribution in [3.8, 4) is 5.75 Å². The molecule has 0 fully saturated rings. The van der Waals surface area contributed by atoms with Crippen molar-refractivity contribution < 1.29 is 13.5 Å². The van der Waals surface area contributed by atoms with Gasteiger partial charge in [0.2, 0.25) is 0 Å². The van der Waals surface area contributed by atoms with Crippen LogP contribution in [0.5, 0.6) is 5.75 Å². The summed E-state index contributed by atoms with van der Waals surface area (Å²) >= 11 is 0. The highest BCUT2D eigenvalue weighted by atomic mass is 19.3. The second-order valence-corrected chi connectivity index (χ2v) is 3.10. The Morgan fingerprint density at radius 2 is 1.47 bits per heavy atom. The summed E-state index contributed by atoms with van der Waals surface area (Å²) in [5.74, 6) is 0.611. The molecule has 1 aromatic rings. The molecular formula is C12H18F2O. The molecule has 1 rings (SSSR count). The van der Waals surface area contributed by atoms with Gasteiger partial charge in [-0.1, -0.05) is 39.8 Å². The first-order valence-electron chi connectivity index (χ1n) is 5.14. The van der Waals surface area contributed by atoms with Crippen molar-refractivity contribution in [3.05, 3.63) is 29.8 Å². The third kappa shape index (κ3) is 5.35. The van der Waals surface area contributed by atoms with Gasteiger partial charge in [0, 0.05) is 0 Å². The maximum Gasteiger partial charge on any atom is 0.387 e. The summed E-state index contributed by atoms with van der Waals surface area (Å²) in [7, 11) is 0. The van der Waals surface area contributed by atoms with E-state index >= 15 is 0 Å². The lowest BCUT2D eigenvalue weighted by Gasteiger charge is -2.07. The number of hydrogen-bond acceptors (Lipinski definition) is 1. The first-order chi connectivity index (χ1) is 7.09. The molecule has 15 heavy (non-hydrogen) atoms. The molecule has 0 atom stereocenters. The lowest BCUT2D eigenvalue weighted by atomic mass is 10.0. The fourth-order valence-electron chi connectivity index (χ4n) is 1.03. The summed E-state index contributed by atoms with van der Waals surface area (Å²) in [6.45, 7) is 5.34. The summed E-state index contributed by atoms with van der Waals surface area (Å²) in [6.07, 6.45) is 0. The van der Waals surface area contributed by atoms with Crippen molar-refractivity contribution in [3.63, 3.8) is 0 Å². The molecule has 1 aromatic carbocycles. The van der Waals surface area contributed by atoms with E-state index in [0.29, 0.717) is 5.92 Å². The summed E-state index contributed by atoms with van der Waals surface area (Å²) in [5.41, 5.74) is 1.11. The summed E-state index contributed by atoms with van der Waals surface area (Å²) in [5, 5.41) is 0. The average molecular weight is 216 g/mol. The van der Waals surface area contributed by atoms with Crippen molar-refractivity contribution >= 4 is 0 Å². The summed E-state index contributed by atoms with van der Waals surface area (Å²) in [6, 6.07) is 6.70. The molecular weight excluding hydrogens is 198 g/mol. The topological polar surface area (TPSA) is 9.23 Å². The molecule has 0 bridgehead atoms. The Morgan fingerprint density at radius 1 is 1.00 bits per heavy atom. The monoisotopic (exact) mass is 216 g/mol. The fourth-order valence-corrected chi connectivity index (χ4v) is 1.03. The highest BCUT2D eigenvalue weighted by Crippen LogP contribution is 2.19. The first-order valence-corrected chi connectivity index (χ1v) is 5.14. The van der Waals surface area contributed by atoms with Crippen molar-refractivity contribution in [2.75, 3.05) is 0 Å². The van der Waals surface area contributed by atoms with E-state index in [9.17, 15) is 8.78 Å². The quantitative estimate of drug-likeness (QED) is 0.725. The van der Waals surface area contributed by atoms with Gasteiger partial charge < -0.3 is 4.74 Å². The van der Waals surface area contributed by atoms with Crippen molar-refractivity contribution in [2.24, 2.45) is 0 Å². The Bertz CT molecular complexity index is 255. The second kappa shape index (κ2) is 7.21. The molecule has 0 radical (unpaired) electrons. The minimum Gasteiger partial charge on any atom is -0.435 e. The fraction of sp³-hybridized carbons (Fsp3) is 0.500. The van der Waals surface area contributed by atoms with Crippen LogP contribution < -0.4 is 4.74 Å². The number of benzene rings is 1. The highest BCUT2D eigenvalue weighted by molar-refractivity contribution is 5.28. The summed E-state index contributed by atoms with van der Waals surface area (Å²) in [4.78, 5) is 0. The predicted octanol–water partition coefficient (Wildman–Crippen LogP) is 4.44. The van der Waals surface area contributed by atoms with Crippen LogP contribution in [-0.2, 0) is 0 Å². The van der Waals surface area contributed by atoms with Gasteiger partial charge in [0.1, 0.15) is 5.75 Å². The van der Waals surface area contributed by atoms with E-state index in [1.807, 2.05) is 27.7 Å². The zero-order chi connectivity index (χ0) is 11.8. The highest BCUT2D eigenvalue weighted by Gasteiger charge is 2.04. The smallest absolute Gasteiger partial charge is 0.387 e. The van der Waals surface area contributed by atoms with E-state index in [4.69, 9.17) is 0 Å². The minimum absolute atomic E-state index is 0.208. The van der Waals surface area contributed by atoms with E-state index in [2.05, 4.69) is 4.74 Å². The summed E-state index contributed by atoms with van der Waals surface area (Å²) < 4.78 is 27.7. The van der Waals surface area contributed by atoms with Gasteiger partial charge >= 0.3 is 6.61 Å². The first kappa shape index (κ1) is 13.9. The second-order valence-electron chi connectivity index (χ2n) is 3.10. The van der Waals surface area contributed by atoms with Gasteiger partial charge in [0.05, 0.1) is 0 Å². The van der Waals surface area contributed by atoms with Gasteiger partial charge in [-0.05, 0) is 23.6 Å². The third-order valence-corrected chi connectivity index (χ3v) is 1.77. The van der Waals surface area contributed by atoms with Crippen LogP contribution in [0, 0.1) is 0 Å². The molecule has 0 saturated heterocycles. The number of rotatable bonds is 3. The van der Waals surface area contributed by atoms with Gasteiger partial charge in [0.15, 0.2) is 0 Å². The molecule has 0 aromatic heterocycles. The molecule has 1 nitrogen and oxygen atoms in total. The van der Waals surface area contributed by atoms with E-state index in [1.165, 1.54) is 0 Å². The molecule has 0 aliphatic heterocycles. The Balaban J connectivity index is 0.000000921. The standard InChI is InChI=1S/C10H12F2O.C2H6/c1-7(2)8-3-5-9(6-4-8)13-10(11)12;1-2/h3-7,10H,1-2H3;1-2H3. The Morgan fingerprint density at radius 3 is 1.80 bits per heavy atom. The zero-order valence-corrected chi connectivity index (χ0v) is 9.63. The maximum absolute atomic E-state index is 11.8. The van der Waals surface area contributed by atoms with Crippen molar-refractivity contribution in [2.45, 2.75) is 40.2 Å². The number of alkyl halides is 2. The number of ether oxygens (including phenoxy) is 1. The zero-order valence-electron chi connectivity index (χ0n) is 9.63. The van der Waals surface area contributed by atoms with Gasteiger partial charge in [-0.25, -0.2) is 0 Å². The molecule has 0 amide bonds. The minimum atomic E-state index is -2.75. The average Bonchev–Trinajstić information content (AvgIpc) is 2.20. The normalized spacial score (nSPS) is 9.87. The Hall–Kier alpha value is -1.12. The number of hydrogen-bond donors (Lipinski definition) is 0. The molecule has 3 heteroatoms. The van der Waals surface area contributed by atoms with Gasteiger partial charge in [-0.3, -0.25) is 0 Å². The van der Waals surface area contributed by atoms with E-state index in [1.54, 1.807) is 24.3 Å². The van der Waals surface area contributed by atoms with Crippen LogP contribution in [0.15, 0.2) is 24.3 Å². The molecule has 0 unspecified atom stereocenters. The van der Waals surface area contributed by atoms with E-state index in [0.717, 1.165) is 5.56 Å². The Kier molecular flexibility index (Phi) is 6.67. The molecule has 0 spiro atoms.